The summed E-state index contributed by atoms with van der Waals surface area (Å²) in [4.78, 5) is 0. The van der Waals surface area contributed by atoms with E-state index in [1.165, 1.54) is 24.1 Å². The van der Waals surface area contributed by atoms with E-state index >= 15 is 0 Å². The van der Waals surface area contributed by atoms with Gasteiger partial charge in [-0.05, 0) is 43.7 Å². The fourth-order valence-corrected chi connectivity index (χ4v) is 1.81. The van der Waals surface area contributed by atoms with Gasteiger partial charge in [0.2, 0.25) is 0 Å². The number of nitrogens with two attached hydrogens (primary N) is 1. The van der Waals surface area contributed by atoms with Crippen LogP contribution in [0.25, 0.3) is 0 Å². The molecule has 0 radical (unpaired) electrons. The van der Waals surface area contributed by atoms with Crippen LogP contribution in [-0.2, 0) is 13.5 Å². The van der Waals surface area contributed by atoms with Crippen LogP contribution in [0.1, 0.15) is 24.1 Å². The number of hydrogen-bond donors (Lipinski definition) is 1. The zero-order valence-electron chi connectivity index (χ0n) is 8.38. The third kappa shape index (κ3) is 1.48. The average molecular weight is 179 g/mol. The summed E-state index contributed by atoms with van der Waals surface area (Å²) in [6, 6.07) is 0. The van der Waals surface area contributed by atoms with Crippen molar-refractivity contribution >= 4 is 0 Å². The summed E-state index contributed by atoms with van der Waals surface area (Å²) in [5.41, 5.74) is 8.81. The van der Waals surface area contributed by atoms with E-state index in [1.54, 1.807) is 0 Å². The first-order valence-corrected chi connectivity index (χ1v) is 4.84. The smallest absolute Gasteiger partial charge is 0.0521 e. The van der Waals surface area contributed by atoms with E-state index in [-0.39, 0.29) is 0 Å². The molecule has 3 nitrogen and oxygen atoms in total. The van der Waals surface area contributed by atoms with Crippen molar-refractivity contribution in [1.82, 2.24) is 9.78 Å². The van der Waals surface area contributed by atoms with Gasteiger partial charge in [0.25, 0.3) is 0 Å². The van der Waals surface area contributed by atoms with E-state index < -0.39 is 0 Å². The molecule has 1 aliphatic carbocycles. The number of nitrogens with zero attached hydrogens (tertiary/aromatic N) is 2. The van der Waals surface area contributed by atoms with Crippen molar-refractivity contribution in [2.45, 2.75) is 26.2 Å². The molecule has 3 heteroatoms. The Kier molecular flexibility index (Phi) is 1.91. The van der Waals surface area contributed by atoms with Gasteiger partial charge in [0.15, 0.2) is 0 Å². The highest BCUT2D eigenvalue weighted by atomic mass is 15.3. The Hall–Kier alpha value is -0.830. The van der Waals surface area contributed by atoms with Crippen LogP contribution >= 0.6 is 0 Å². The zero-order chi connectivity index (χ0) is 9.47. The standard InChI is InChI=1S/C10H17N3/c1-8-6-12-13(2)9(8)5-10(7-11)3-4-10/h6H,3-5,7,11H2,1-2H3. The van der Waals surface area contributed by atoms with Gasteiger partial charge in [0.05, 0.1) is 6.20 Å². The van der Waals surface area contributed by atoms with Gasteiger partial charge in [-0.15, -0.1) is 0 Å². The van der Waals surface area contributed by atoms with Crippen LogP contribution in [0.15, 0.2) is 6.20 Å². The largest absolute Gasteiger partial charge is 0.330 e. The lowest BCUT2D eigenvalue weighted by Crippen LogP contribution is -2.19. The average Bonchev–Trinajstić information content (AvgIpc) is 2.84. The normalized spacial score (nSPS) is 19.0. The first-order chi connectivity index (χ1) is 6.17. The Morgan fingerprint density at radius 3 is 2.69 bits per heavy atom. The van der Waals surface area contributed by atoms with Crippen LogP contribution in [0.3, 0.4) is 0 Å². The lowest BCUT2D eigenvalue weighted by Gasteiger charge is -2.12. The molecule has 0 spiro atoms. The van der Waals surface area contributed by atoms with Crippen LogP contribution < -0.4 is 5.73 Å². The van der Waals surface area contributed by atoms with E-state index in [2.05, 4.69) is 12.0 Å². The molecular weight excluding hydrogens is 162 g/mol. The molecule has 72 valence electrons. The second-order valence-corrected chi connectivity index (χ2v) is 4.28. The van der Waals surface area contributed by atoms with Gasteiger partial charge in [-0.3, -0.25) is 4.68 Å². The molecule has 0 amide bonds. The van der Waals surface area contributed by atoms with E-state index in [0.717, 1.165) is 13.0 Å². The van der Waals surface area contributed by atoms with Crippen molar-refractivity contribution in [1.29, 1.82) is 0 Å². The van der Waals surface area contributed by atoms with Crippen molar-refractivity contribution in [3.8, 4) is 0 Å². The lowest BCUT2D eigenvalue weighted by molar-refractivity contribution is 0.496. The molecule has 1 aliphatic rings. The van der Waals surface area contributed by atoms with Crippen LogP contribution in [-0.4, -0.2) is 16.3 Å². The van der Waals surface area contributed by atoms with Gasteiger partial charge in [-0.25, -0.2) is 0 Å². The highest BCUT2D eigenvalue weighted by Crippen LogP contribution is 2.47. The van der Waals surface area contributed by atoms with Gasteiger partial charge >= 0.3 is 0 Å². The minimum Gasteiger partial charge on any atom is -0.330 e. The molecular formula is C10H17N3. The number of aromatic nitrogens is 2. The molecule has 0 unspecified atom stereocenters. The van der Waals surface area contributed by atoms with Gasteiger partial charge < -0.3 is 5.73 Å². The van der Waals surface area contributed by atoms with Gasteiger partial charge in [0, 0.05) is 12.7 Å². The Bertz CT molecular complexity index is 290. The molecule has 0 atom stereocenters. The summed E-state index contributed by atoms with van der Waals surface area (Å²) < 4.78 is 1.98. The minimum atomic E-state index is 0.415. The summed E-state index contributed by atoms with van der Waals surface area (Å²) in [5, 5.41) is 4.24. The number of hydrogen-bond acceptors (Lipinski definition) is 2. The van der Waals surface area contributed by atoms with E-state index in [1.807, 2.05) is 17.9 Å². The summed E-state index contributed by atoms with van der Waals surface area (Å²) in [5.74, 6) is 0. The highest BCUT2D eigenvalue weighted by molar-refractivity contribution is 5.19. The predicted octanol–water partition coefficient (Wildman–Crippen LogP) is 1.01. The number of aryl methyl sites for hydroxylation is 2. The van der Waals surface area contributed by atoms with E-state index in [4.69, 9.17) is 5.73 Å². The second kappa shape index (κ2) is 2.84. The molecule has 0 aromatic carbocycles. The third-order valence-electron chi connectivity index (χ3n) is 3.20. The molecule has 1 aromatic rings. The van der Waals surface area contributed by atoms with Crippen molar-refractivity contribution < 1.29 is 0 Å². The SMILES string of the molecule is Cc1cnn(C)c1CC1(CN)CC1. The Morgan fingerprint density at radius 1 is 1.62 bits per heavy atom. The van der Waals surface area contributed by atoms with Crippen LogP contribution in [0, 0.1) is 12.3 Å². The fraction of sp³-hybridized carbons (Fsp3) is 0.700. The van der Waals surface area contributed by atoms with Crippen LogP contribution in [0.4, 0.5) is 0 Å². The number of rotatable bonds is 3. The quantitative estimate of drug-likeness (QED) is 0.752. The van der Waals surface area contributed by atoms with E-state index in [0.29, 0.717) is 5.41 Å². The highest BCUT2D eigenvalue weighted by Gasteiger charge is 2.41. The first kappa shape index (κ1) is 8.75. The Balaban J connectivity index is 2.17. The third-order valence-corrected chi connectivity index (χ3v) is 3.20. The Morgan fingerprint density at radius 2 is 2.31 bits per heavy atom. The maximum absolute atomic E-state index is 5.76. The van der Waals surface area contributed by atoms with Crippen molar-refractivity contribution in [3.05, 3.63) is 17.5 Å². The summed E-state index contributed by atoms with van der Waals surface area (Å²) in [6.07, 6.45) is 5.61. The summed E-state index contributed by atoms with van der Waals surface area (Å²) in [7, 11) is 2.01. The zero-order valence-corrected chi connectivity index (χ0v) is 8.38. The predicted molar refractivity (Wildman–Crippen MR) is 52.4 cm³/mol. The van der Waals surface area contributed by atoms with Crippen molar-refractivity contribution in [2.24, 2.45) is 18.2 Å². The minimum absolute atomic E-state index is 0.415. The van der Waals surface area contributed by atoms with E-state index in [9.17, 15) is 0 Å². The van der Waals surface area contributed by atoms with Gasteiger partial charge in [-0.1, -0.05) is 0 Å². The maximum atomic E-state index is 5.76. The molecule has 0 aliphatic heterocycles. The van der Waals surface area contributed by atoms with Gasteiger partial charge in [0.1, 0.15) is 0 Å². The van der Waals surface area contributed by atoms with Gasteiger partial charge in [-0.2, -0.15) is 5.10 Å². The molecule has 2 rings (SSSR count). The van der Waals surface area contributed by atoms with Crippen LogP contribution in [0.5, 0.6) is 0 Å². The molecule has 0 bridgehead atoms. The molecule has 1 saturated carbocycles. The molecule has 1 aromatic heterocycles. The fourth-order valence-electron chi connectivity index (χ4n) is 1.81. The molecule has 1 fully saturated rings. The lowest BCUT2D eigenvalue weighted by atomic mass is 9.99. The molecule has 1 heterocycles. The Labute approximate surface area is 78.9 Å². The second-order valence-electron chi connectivity index (χ2n) is 4.28. The molecule has 13 heavy (non-hydrogen) atoms. The maximum Gasteiger partial charge on any atom is 0.0521 e. The first-order valence-electron chi connectivity index (χ1n) is 4.84. The topological polar surface area (TPSA) is 43.8 Å². The van der Waals surface area contributed by atoms with Crippen LogP contribution in [0.2, 0.25) is 0 Å². The monoisotopic (exact) mass is 179 g/mol. The summed E-state index contributed by atoms with van der Waals surface area (Å²) >= 11 is 0. The summed E-state index contributed by atoms with van der Waals surface area (Å²) in [6.45, 7) is 2.94. The van der Waals surface area contributed by atoms with Crippen molar-refractivity contribution in [3.63, 3.8) is 0 Å². The molecule has 2 N–H and O–H groups in total. The molecule has 0 saturated heterocycles. The van der Waals surface area contributed by atoms with Crippen molar-refractivity contribution in [2.75, 3.05) is 6.54 Å².